The van der Waals surface area contributed by atoms with Crippen LogP contribution in [0.25, 0.3) is 11.1 Å². The highest BCUT2D eigenvalue weighted by molar-refractivity contribution is 5.83. The first kappa shape index (κ1) is 21.7. The number of nitriles is 2. The van der Waals surface area contributed by atoms with Gasteiger partial charge in [-0.15, -0.1) is 0 Å². The van der Waals surface area contributed by atoms with Crippen molar-refractivity contribution in [2.45, 2.75) is 20.0 Å². The Morgan fingerprint density at radius 3 is 2.50 bits per heavy atom. The molecule has 1 unspecified atom stereocenters. The maximum absolute atomic E-state index is 12.1. The van der Waals surface area contributed by atoms with E-state index in [-0.39, 0.29) is 34.9 Å². The summed E-state index contributed by atoms with van der Waals surface area (Å²) in [6, 6.07) is 5.57. The summed E-state index contributed by atoms with van der Waals surface area (Å²) in [5, 5.41) is 39.5. The second kappa shape index (κ2) is 8.62. The van der Waals surface area contributed by atoms with Crippen molar-refractivity contribution in [1.82, 2.24) is 4.98 Å². The number of rotatable bonds is 7. The maximum atomic E-state index is 12.1. The SMILES string of the molecule is CCOc1cc(-c2c(C#N)c(N)[nH]c(=O)c2C#N)cc([N+](=O)[O-])c1OC(C)C(=O)O. The molecule has 0 bridgehead atoms. The number of carboxylic acid groups (broad SMARTS) is 1. The number of nitrogens with one attached hydrogen (secondary N) is 1. The topological polar surface area (TPSA) is 205 Å². The number of H-pyrrole nitrogens is 1. The number of benzene rings is 1. The summed E-state index contributed by atoms with van der Waals surface area (Å²) in [7, 11) is 0. The van der Waals surface area contributed by atoms with Crippen molar-refractivity contribution in [2.75, 3.05) is 12.3 Å². The monoisotopic (exact) mass is 413 g/mol. The van der Waals surface area contributed by atoms with Crippen LogP contribution in [-0.2, 0) is 4.79 Å². The van der Waals surface area contributed by atoms with Gasteiger partial charge in [0.1, 0.15) is 29.1 Å². The van der Waals surface area contributed by atoms with E-state index in [0.717, 1.165) is 6.07 Å². The molecule has 0 amide bonds. The standard InChI is InChI=1S/C18H15N5O7/c1-3-29-13-5-9(4-12(23(27)28)15(13)30-8(2)18(25)26)14-10(6-19)16(21)22-17(24)11(14)7-20/h4-5,8H,3H2,1-2H3,(H,25,26)(H3,21,22,24). The summed E-state index contributed by atoms with van der Waals surface area (Å²) in [4.78, 5) is 36.2. The number of ether oxygens (including phenoxy) is 2. The molecule has 30 heavy (non-hydrogen) atoms. The van der Waals surface area contributed by atoms with E-state index in [1.807, 2.05) is 0 Å². The van der Waals surface area contributed by atoms with Crippen LogP contribution in [-0.4, -0.2) is 33.7 Å². The van der Waals surface area contributed by atoms with Crippen LogP contribution in [0.1, 0.15) is 25.0 Å². The van der Waals surface area contributed by atoms with Crippen LogP contribution < -0.4 is 20.8 Å². The van der Waals surface area contributed by atoms with E-state index in [1.165, 1.54) is 13.0 Å². The van der Waals surface area contributed by atoms with Crippen molar-refractivity contribution in [2.24, 2.45) is 0 Å². The number of hydrogen-bond donors (Lipinski definition) is 3. The molecule has 0 spiro atoms. The van der Waals surface area contributed by atoms with Gasteiger partial charge >= 0.3 is 11.7 Å². The predicted molar refractivity (Wildman–Crippen MR) is 102 cm³/mol. The molecular weight excluding hydrogens is 398 g/mol. The van der Waals surface area contributed by atoms with Gasteiger partial charge < -0.3 is 25.3 Å². The summed E-state index contributed by atoms with van der Waals surface area (Å²) in [5.74, 6) is -2.34. The van der Waals surface area contributed by atoms with Crippen LogP contribution in [0.5, 0.6) is 11.5 Å². The van der Waals surface area contributed by atoms with Crippen molar-refractivity contribution in [3.05, 3.63) is 43.7 Å². The molecule has 4 N–H and O–H groups in total. The minimum Gasteiger partial charge on any atom is -0.490 e. The molecule has 0 radical (unpaired) electrons. The summed E-state index contributed by atoms with van der Waals surface area (Å²) < 4.78 is 10.6. The first-order chi connectivity index (χ1) is 14.2. The number of pyridine rings is 1. The summed E-state index contributed by atoms with van der Waals surface area (Å²) in [6.07, 6.45) is -1.44. The molecule has 12 heteroatoms. The Kier molecular flexibility index (Phi) is 6.24. The molecule has 1 heterocycles. The van der Waals surface area contributed by atoms with E-state index in [2.05, 4.69) is 4.98 Å². The minimum absolute atomic E-state index is 0.0339. The zero-order valence-electron chi connectivity index (χ0n) is 15.8. The molecule has 0 saturated heterocycles. The average Bonchev–Trinajstić information content (AvgIpc) is 2.68. The van der Waals surface area contributed by atoms with Crippen LogP contribution in [0.2, 0.25) is 0 Å². The number of aromatic nitrogens is 1. The molecule has 0 saturated carbocycles. The first-order valence-corrected chi connectivity index (χ1v) is 8.37. The highest BCUT2D eigenvalue weighted by Gasteiger charge is 2.29. The first-order valence-electron chi connectivity index (χ1n) is 8.37. The number of aromatic amines is 1. The van der Waals surface area contributed by atoms with Gasteiger partial charge in [-0.3, -0.25) is 14.9 Å². The molecule has 0 aliphatic heterocycles. The molecule has 1 aromatic heterocycles. The quantitative estimate of drug-likeness (QED) is 0.440. The van der Waals surface area contributed by atoms with Crippen molar-refractivity contribution in [1.29, 1.82) is 10.5 Å². The van der Waals surface area contributed by atoms with Gasteiger partial charge in [-0.2, -0.15) is 10.5 Å². The number of hydrogen-bond acceptors (Lipinski definition) is 9. The molecule has 2 aromatic rings. The smallest absolute Gasteiger partial charge is 0.344 e. The molecular formula is C18H15N5O7. The van der Waals surface area contributed by atoms with Crippen LogP contribution in [0.4, 0.5) is 11.5 Å². The molecule has 2 rings (SSSR count). The number of aliphatic carboxylic acids is 1. The Balaban J connectivity index is 2.93. The Labute approximate surface area is 168 Å². The summed E-state index contributed by atoms with van der Waals surface area (Å²) in [6.45, 7) is 2.79. The van der Waals surface area contributed by atoms with E-state index in [1.54, 1.807) is 19.1 Å². The molecule has 0 fully saturated rings. The normalized spacial score (nSPS) is 11.1. The Hall–Kier alpha value is -4.58. The minimum atomic E-state index is -1.44. The number of nitrogens with zero attached hydrogens (tertiary/aromatic N) is 3. The Morgan fingerprint density at radius 1 is 1.37 bits per heavy atom. The Morgan fingerprint density at radius 2 is 2.00 bits per heavy atom. The van der Waals surface area contributed by atoms with E-state index < -0.39 is 39.6 Å². The van der Waals surface area contributed by atoms with Crippen LogP contribution in [0, 0.1) is 32.8 Å². The number of nitro groups is 1. The molecule has 1 atom stereocenters. The fraction of sp³-hybridized carbons (Fsp3) is 0.222. The molecule has 0 aliphatic carbocycles. The van der Waals surface area contributed by atoms with Crippen molar-refractivity contribution < 1.29 is 24.3 Å². The number of anilines is 1. The molecule has 0 aliphatic rings. The molecule has 12 nitrogen and oxygen atoms in total. The number of carbonyl (C=O) groups is 1. The van der Waals surface area contributed by atoms with Gasteiger partial charge in [0.15, 0.2) is 11.9 Å². The van der Waals surface area contributed by atoms with Crippen molar-refractivity contribution in [3.63, 3.8) is 0 Å². The van der Waals surface area contributed by atoms with E-state index in [4.69, 9.17) is 20.3 Å². The van der Waals surface area contributed by atoms with Gasteiger partial charge in [-0.05, 0) is 25.5 Å². The second-order valence-corrected chi connectivity index (χ2v) is 5.83. The molecule has 154 valence electrons. The number of nitrogen functional groups attached to an aromatic ring is 1. The average molecular weight is 413 g/mol. The van der Waals surface area contributed by atoms with E-state index in [9.17, 15) is 30.2 Å². The van der Waals surface area contributed by atoms with Crippen molar-refractivity contribution in [3.8, 4) is 34.8 Å². The van der Waals surface area contributed by atoms with Crippen LogP contribution >= 0.6 is 0 Å². The maximum Gasteiger partial charge on any atom is 0.344 e. The lowest BCUT2D eigenvalue weighted by atomic mass is 9.95. The van der Waals surface area contributed by atoms with Gasteiger partial charge in [0.2, 0.25) is 5.75 Å². The Bertz CT molecular complexity index is 1170. The zero-order valence-corrected chi connectivity index (χ0v) is 15.8. The van der Waals surface area contributed by atoms with Gasteiger partial charge in [0.25, 0.3) is 5.56 Å². The second-order valence-electron chi connectivity index (χ2n) is 5.83. The summed E-state index contributed by atoms with van der Waals surface area (Å²) >= 11 is 0. The lowest BCUT2D eigenvalue weighted by Gasteiger charge is -2.17. The highest BCUT2D eigenvalue weighted by atomic mass is 16.6. The number of nitro benzene ring substituents is 1. The van der Waals surface area contributed by atoms with Gasteiger partial charge in [0.05, 0.1) is 11.5 Å². The highest BCUT2D eigenvalue weighted by Crippen LogP contribution is 2.43. The lowest BCUT2D eigenvalue weighted by Crippen LogP contribution is -2.23. The lowest BCUT2D eigenvalue weighted by molar-refractivity contribution is -0.386. The molecule has 1 aromatic carbocycles. The largest absolute Gasteiger partial charge is 0.490 e. The third-order valence-corrected chi connectivity index (χ3v) is 3.93. The van der Waals surface area contributed by atoms with E-state index in [0.29, 0.717) is 0 Å². The van der Waals surface area contributed by atoms with E-state index >= 15 is 0 Å². The van der Waals surface area contributed by atoms with Gasteiger partial charge in [-0.1, -0.05) is 0 Å². The zero-order chi connectivity index (χ0) is 22.6. The van der Waals surface area contributed by atoms with Crippen LogP contribution in [0.3, 0.4) is 0 Å². The third kappa shape index (κ3) is 3.98. The third-order valence-electron chi connectivity index (χ3n) is 3.93. The van der Waals surface area contributed by atoms with Gasteiger partial charge in [0, 0.05) is 11.6 Å². The fourth-order valence-electron chi connectivity index (χ4n) is 2.61. The van der Waals surface area contributed by atoms with Gasteiger partial charge in [-0.25, -0.2) is 4.79 Å². The predicted octanol–water partition coefficient (Wildman–Crippen LogP) is 1.53. The van der Waals surface area contributed by atoms with Crippen molar-refractivity contribution >= 4 is 17.5 Å². The summed E-state index contributed by atoms with van der Waals surface area (Å²) in [5.41, 5.74) is 3.06. The number of nitrogens with two attached hydrogens (primary N) is 1. The van der Waals surface area contributed by atoms with Crippen LogP contribution in [0.15, 0.2) is 16.9 Å². The number of carboxylic acids is 1. The fourth-order valence-corrected chi connectivity index (χ4v) is 2.61.